The summed E-state index contributed by atoms with van der Waals surface area (Å²) in [4.78, 5) is 12.3. The summed E-state index contributed by atoms with van der Waals surface area (Å²) in [5.74, 6) is -0.288. The number of hydrogen-bond acceptors (Lipinski definition) is 2. The van der Waals surface area contributed by atoms with E-state index in [0.29, 0.717) is 22.9 Å². The molecular weight excluding hydrogens is 433 g/mol. The summed E-state index contributed by atoms with van der Waals surface area (Å²) in [7, 11) is 0. The third-order valence-electron chi connectivity index (χ3n) is 4.64. The monoisotopic (exact) mass is 455 g/mol. The molecule has 0 spiro atoms. The molecule has 0 aliphatic rings. The first-order valence-electron chi connectivity index (χ1n) is 9.55. The number of ether oxygens (including phenoxy) is 1. The number of benzene rings is 3. The van der Waals surface area contributed by atoms with E-state index in [9.17, 15) is 9.18 Å². The lowest BCUT2D eigenvalue weighted by Crippen LogP contribution is -2.37. The van der Waals surface area contributed by atoms with Gasteiger partial charge < -0.3 is 10.1 Å². The van der Waals surface area contributed by atoms with Gasteiger partial charge in [0, 0.05) is 10.5 Å². The second-order valence-electron chi connectivity index (χ2n) is 6.87. The predicted octanol–water partition coefficient (Wildman–Crippen LogP) is 6.06. The van der Waals surface area contributed by atoms with Crippen molar-refractivity contribution in [3.05, 3.63) is 106 Å². The lowest BCUT2D eigenvalue weighted by atomic mass is 9.99. The van der Waals surface area contributed by atoms with Crippen molar-refractivity contribution >= 4 is 22.0 Å². The van der Waals surface area contributed by atoms with Gasteiger partial charge in [-0.2, -0.15) is 0 Å². The molecule has 1 atom stereocenters. The first-order chi connectivity index (χ1) is 14.1. The summed E-state index contributed by atoms with van der Waals surface area (Å²) in [5.41, 5.74) is 2.66. The molecule has 3 aromatic carbocycles. The molecule has 0 saturated heterocycles. The number of rotatable bonds is 8. The predicted molar refractivity (Wildman–Crippen MR) is 116 cm³/mol. The normalized spacial score (nSPS) is 11.7. The summed E-state index contributed by atoms with van der Waals surface area (Å²) in [5, 5.41) is 2.91. The third kappa shape index (κ3) is 7.02. The Labute approximate surface area is 179 Å². The first kappa shape index (κ1) is 21.1. The van der Waals surface area contributed by atoms with Crippen molar-refractivity contribution < 1.29 is 13.9 Å². The Hall–Kier alpha value is -2.66. The molecule has 0 aliphatic carbocycles. The zero-order chi connectivity index (χ0) is 20.5. The van der Waals surface area contributed by atoms with E-state index in [-0.39, 0.29) is 18.5 Å². The fourth-order valence-corrected chi connectivity index (χ4v) is 3.43. The molecule has 29 heavy (non-hydrogen) atoms. The van der Waals surface area contributed by atoms with E-state index in [2.05, 4.69) is 21.2 Å². The lowest BCUT2D eigenvalue weighted by Gasteiger charge is -2.19. The first-order valence-corrected chi connectivity index (χ1v) is 10.3. The molecule has 3 nitrogen and oxygen atoms in total. The van der Waals surface area contributed by atoms with Crippen LogP contribution in [0.1, 0.15) is 23.1 Å². The number of alkyl carbamates (subject to hydrolysis) is 1. The average Bonchev–Trinajstić information content (AvgIpc) is 2.74. The number of nitrogens with one attached hydrogen (secondary N) is 1. The Morgan fingerprint density at radius 2 is 1.62 bits per heavy atom. The van der Waals surface area contributed by atoms with E-state index in [1.165, 1.54) is 11.6 Å². The van der Waals surface area contributed by atoms with Crippen LogP contribution in [0.25, 0.3) is 0 Å². The molecule has 0 aliphatic heterocycles. The van der Waals surface area contributed by atoms with Gasteiger partial charge in [-0.05, 0) is 48.1 Å². The van der Waals surface area contributed by atoms with Gasteiger partial charge in [0.15, 0.2) is 0 Å². The molecule has 0 fully saturated rings. The largest absolute Gasteiger partial charge is 0.445 e. The van der Waals surface area contributed by atoms with Gasteiger partial charge in [0.25, 0.3) is 0 Å². The van der Waals surface area contributed by atoms with E-state index < -0.39 is 6.09 Å². The average molecular weight is 456 g/mol. The number of carbonyl (C=O) groups is 1. The second-order valence-corrected chi connectivity index (χ2v) is 7.78. The van der Waals surface area contributed by atoms with Gasteiger partial charge in [-0.3, -0.25) is 0 Å². The smallest absolute Gasteiger partial charge is 0.407 e. The standard InChI is InChI=1S/C24H23BrFNO2/c25-21-13-12-20(23(26)16-21)15-22(14-11-18-7-3-1-4-8-18)27-24(28)29-17-19-9-5-2-6-10-19/h1-10,12-13,16,22H,11,14-15,17H2,(H,27,28). The van der Waals surface area contributed by atoms with Crippen LogP contribution in [0.5, 0.6) is 0 Å². The second kappa shape index (κ2) is 10.8. The van der Waals surface area contributed by atoms with Crippen LogP contribution in [0.15, 0.2) is 83.3 Å². The molecule has 0 bridgehead atoms. The molecule has 150 valence electrons. The summed E-state index contributed by atoms with van der Waals surface area (Å²) in [6, 6.07) is 24.3. The molecule has 0 radical (unpaired) electrons. The van der Waals surface area contributed by atoms with Crippen molar-refractivity contribution in [2.75, 3.05) is 0 Å². The van der Waals surface area contributed by atoms with Crippen molar-refractivity contribution in [1.29, 1.82) is 0 Å². The maximum absolute atomic E-state index is 14.3. The molecule has 1 amide bonds. The van der Waals surface area contributed by atoms with Crippen LogP contribution >= 0.6 is 15.9 Å². The van der Waals surface area contributed by atoms with Gasteiger partial charge in [-0.25, -0.2) is 9.18 Å². The highest BCUT2D eigenvalue weighted by atomic mass is 79.9. The highest BCUT2D eigenvalue weighted by molar-refractivity contribution is 9.10. The summed E-state index contributed by atoms with van der Waals surface area (Å²) in [6.45, 7) is 0.199. The molecule has 0 aromatic heterocycles. The summed E-state index contributed by atoms with van der Waals surface area (Å²) >= 11 is 3.28. The minimum Gasteiger partial charge on any atom is -0.445 e. The molecule has 1 unspecified atom stereocenters. The Balaban J connectivity index is 1.63. The molecular formula is C24H23BrFNO2. The van der Waals surface area contributed by atoms with Crippen LogP contribution in [0.3, 0.4) is 0 Å². The molecule has 3 rings (SSSR count). The number of halogens is 2. The Bertz CT molecular complexity index is 919. The number of amides is 1. The lowest BCUT2D eigenvalue weighted by molar-refractivity contribution is 0.135. The molecule has 1 N–H and O–H groups in total. The maximum atomic E-state index is 14.3. The van der Waals surface area contributed by atoms with Crippen LogP contribution in [0.4, 0.5) is 9.18 Å². The molecule has 0 saturated carbocycles. The van der Waals surface area contributed by atoms with E-state index >= 15 is 0 Å². The van der Waals surface area contributed by atoms with Crippen LogP contribution < -0.4 is 5.32 Å². The van der Waals surface area contributed by atoms with Crippen molar-refractivity contribution in [3.8, 4) is 0 Å². The van der Waals surface area contributed by atoms with Gasteiger partial charge in [0.05, 0.1) is 0 Å². The van der Waals surface area contributed by atoms with Crippen LogP contribution in [-0.4, -0.2) is 12.1 Å². The van der Waals surface area contributed by atoms with E-state index in [4.69, 9.17) is 4.74 Å². The van der Waals surface area contributed by atoms with Gasteiger partial charge in [0.1, 0.15) is 12.4 Å². The molecule has 0 heterocycles. The Morgan fingerprint density at radius 1 is 0.966 bits per heavy atom. The Morgan fingerprint density at radius 3 is 2.28 bits per heavy atom. The van der Waals surface area contributed by atoms with Gasteiger partial charge in [0.2, 0.25) is 0 Å². The van der Waals surface area contributed by atoms with E-state index in [1.807, 2.05) is 60.7 Å². The van der Waals surface area contributed by atoms with Crippen LogP contribution in [-0.2, 0) is 24.2 Å². The number of hydrogen-bond donors (Lipinski definition) is 1. The summed E-state index contributed by atoms with van der Waals surface area (Å²) < 4.78 is 20.3. The Kier molecular flexibility index (Phi) is 7.82. The van der Waals surface area contributed by atoms with Gasteiger partial charge >= 0.3 is 6.09 Å². The number of aryl methyl sites for hydroxylation is 1. The van der Waals surface area contributed by atoms with Crippen molar-refractivity contribution in [2.45, 2.75) is 31.9 Å². The third-order valence-corrected chi connectivity index (χ3v) is 5.13. The highest BCUT2D eigenvalue weighted by Gasteiger charge is 2.16. The van der Waals surface area contributed by atoms with Gasteiger partial charge in [-0.15, -0.1) is 0 Å². The summed E-state index contributed by atoms with van der Waals surface area (Å²) in [6.07, 6.45) is 1.36. The van der Waals surface area contributed by atoms with Crippen LogP contribution in [0, 0.1) is 5.82 Å². The van der Waals surface area contributed by atoms with Crippen molar-refractivity contribution in [3.63, 3.8) is 0 Å². The zero-order valence-corrected chi connectivity index (χ0v) is 17.6. The minimum atomic E-state index is -0.496. The quantitative estimate of drug-likeness (QED) is 0.448. The molecule has 3 aromatic rings. The van der Waals surface area contributed by atoms with E-state index in [0.717, 1.165) is 12.0 Å². The van der Waals surface area contributed by atoms with Crippen molar-refractivity contribution in [2.24, 2.45) is 0 Å². The maximum Gasteiger partial charge on any atom is 0.407 e. The minimum absolute atomic E-state index is 0.199. The van der Waals surface area contributed by atoms with Gasteiger partial charge in [-0.1, -0.05) is 82.7 Å². The SMILES string of the molecule is O=C(NC(CCc1ccccc1)Cc1ccc(Br)cc1F)OCc1ccccc1. The van der Waals surface area contributed by atoms with Crippen LogP contribution in [0.2, 0.25) is 0 Å². The topological polar surface area (TPSA) is 38.3 Å². The van der Waals surface area contributed by atoms with Crippen molar-refractivity contribution in [1.82, 2.24) is 5.32 Å². The zero-order valence-electron chi connectivity index (χ0n) is 16.0. The molecule has 5 heteroatoms. The van der Waals surface area contributed by atoms with E-state index in [1.54, 1.807) is 12.1 Å². The number of carbonyl (C=O) groups excluding carboxylic acids is 1. The highest BCUT2D eigenvalue weighted by Crippen LogP contribution is 2.18. The fraction of sp³-hybridized carbons (Fsp3) is 0.208. The fourth-order valence-electron chi connectivity index (χ4n) is 3.09.